The topological polar surface area (TPSA) is 0 Å². The molecule has 0 saturated carbocycles. The zero-order valence-electron chi connectivity index (χ0n) is 20.7. The summed E-state index contributed by atoms with van der Waals surface area (Å²) in [5, 5.41) is 13.7. The third kappa shape index (κ3) is 3.58. The fourth-order valence-corrected chi connectivity index (χ4v) is 28.8. The van der Waals surface area contributed by atoms with Crippen LogP contribution < -0.4 is 0 Å². The molecule has 0 heterocycles. The van der Waals surface area contributed by atoms with Gasteiger partial charge in [-0.2, -0.15) is 0 Å². The molecule has 4 rings (SSSR count). The van der Waals surface area contributed by atoms with Gasteiger partial charge in [0.05, 0.1) is 0 Å². The summed E-state index contributed by atoms with van der Waals surface area (Å²) in [6.07, 6.45) is 8.14. The van der Waals surface area contributed by atoms with E-state index in [2.05, 4.69) is 135 Å². The molecule has 1 aliphatic carbocycles. The van der Waals surface area contributed by atoms with E-state index in [1.54, 1.807) is 3.88 Å². The van der Waals surface area contributed by atoms with Gasteiger partial charge in [0, 0.05) is 0 Å². The van der Waals surface area contributed by atoms with Crippen molar-refractivity contribution in [1.29, 1.82) is 0 Å². The van der Waals surface area contributed by atoms with Crippen LogP contribution in [0.4, 0.5) is 0 Å². The van der Waals surface area contributed by atoms with Crippen LogP contribution >= 0.6 is 0 Å². The van der Waals surface area contributed by atoms with Crippen molar-refractivity contribution in [2.75, 3.05) is 0 Å². The molecule has 0 aromatic heterocycles. The Bertz CT molecular complexity index is 1180. The van der Waals surface area contributed by atoms with Crippen molar-refractivity contribution in [2.45, 2.75) is 46.7 Å². The van der Waals surface area contributed by atoms with Gasteiger partial charge < -0.3 is 0 Å². The molecule has 0 nitrogen and oxygen atoms in total. The quantitative estimate of drug-likeness (QED) is 0.307. The first-order valence-electron chi connectivity index (χ1n) is 12.3. The van der Waals surface area contributed by atoms with Crippen molar-refractivity contribution in [3.8, 4) is 0 Å². The number of rotatable bonds is 7. The van der Waals surface area contributed by atoms with Gasteiger partial charge in [0.1, 0.15) is 0 Å². The zero-order valence-corrected chi connectivity index (χ0v) is 22.3. The molecule has 0 fully saturated rings. The first kappa shape index (κ1) is 23.0. The molecule has 0 amide bonds. The molecule has 0 spiro atoms. The summed E-state index contributed by atoms with van der Waals surface area (Å²) in [7, 11) is -5.60. The normalized spacial score (nSPS) is 20.5. The molecule has 32 heavy (non-hydrogen) atoms. The predicted octanol–water partition coefficient (Wildman–Crippen LogP) is 9.50. The fraction of sp³-hybridized carbons (Fsp3) is 0.290. The molecule has 0 radical (unpaired) electrons. The molecule has 3 aromatic carbocycles. The van der Waals surface area contributed by atoms with Crippen LogP contribution in [0.15, 0.2) is 113 Å². The van der Waals surface area contributed by atoms with E-state index in [1.165, 1.54) is 16.7 Å². The van der Waals surface area contributed by atoms with Gasteiger partial charge in [-0.1, -0.05) is 0 Å². The summed E-state index contributed by atoms with van der Waals surface area (Å²) in [6, 6.07) is 33.6. The number of hydrogen-bond acceptors (Lipinski definition) is 0. The van der Waals surface area contributed by atoms with E-state index in [1.807, 2.05) is 0 Å². The van der Waals surface area contributed by atoms with Gasteiger partial charge in [-0.15, -0.1) is 0 Å². The van der Waals surface area contributed by atoms with Crippen LogP contribution in [0.3, 0.4) is 0 Å². The second kappa shape index (κ2) is 4.86. The summed E-state index contributed by atoms with van der Waals surface area (Å²) in [4.78, 5) is 0. The van der Waals surface area contributed by atoms with Gasteiger partial charge in [-0.3, -0.25) is 0 Å². The average Bonchev–Trinajstić information content (AvgIpc) is 3.26. The molecule has 0 bridgehead atoms. The third-order valence-corrected chi connectivity index (χ3v) is 31.0. The van der Waals surface area contributed by atoms with Crippen molar-refractivity contribution in [1.82, 2.24) is 0 Å². The predicted molar refractivity (Wildman–Crippen MR) is 142 cm³/mol. The maximum atomic E-state index is 2.74. The monoisotopic (exact) mass is 461 g/mol. The molecule has 1 heteroatoms. The Balaban J connectivity index is 2.20. The second-order valence-electron chi connectivity index (χ2n) is 19.1. The maximum absolute atomic E-state index is 5.60. The molecule has 0 unspecified atom stereocenters. The van der Waals surface area contributed by atoms with Crippen LogP contribution in [0.1, 0.15) is 23.1 Å². The summed E-state index contributed by atoms with van der Waals surface area (Å²) in [6.45, 7) is 0. The van der Waals surface area contributed by atoms with E-state index in [0.29, 0.717) is 0 Å². The van der Waals surface area contributed by atoms with Gasteiger partial charge >= 0.3 is 187 Å². The number of hydrogen-bond donors (Lipinski definition) is 0. The van der Waals surface area contributed by atoms with E-state index < -0.39 is 10.2 Å². The summed E-state index contributed by atoms with van der Waals surface area (Å²) < 4.78 is 4.75. The summed E-state index contributed by atoms with van der Waals surface area (Å²) in [5.41, 5.74) is 4.27. The van der Waals surface area contributed by atoms with Crippen molar-refractivity contribution in [3.05, 3.63) is 130 Å². The Morgan fingerprint density at radius 1 is 0.531 bits per heavy atom. The number of allylic oxidation sites excluding steroid dienone is 4. The molecule has 0 N–H and O–H groups in total. The SMILES string of the molecule is [CH3][Ti]([CH3])([CH3])([CH3])([CH3])([CH2]c1ccccc1)([CH2]c1ccccc1)([CH2]c1ccccc1)[C]1=CC=CC1. The van der Waals surface area contributed by atoms with Gasteiger partial charge in [0.2, 0.25) is 0 Å². The van der Waals surface area contributed by atoms with Crippen molar-refractivity contribution in [3.63, 3.8) is 0 Å². The Hall–Kier alpha value is -2.15. The Morgan fingerprint density at radius 3 is 1.16 bits per heavy atom. The Labute approximate surface area is 186 Å². The van der Waals surface area contributed by atoms with Gasteiger partial charge in [0.25, 0.3) is 0 Å². The first-order chi connectivity index (χ1) is 14.6. The van der Waals surface area contributed by atoms with Crippen LogP contribution in [0.5, 0.6) is 0 Å². The summed E-state index contributed by atoms with van der Waals surface area (Å²) >= 11 is 0. The molecular formula is C31H41Ti. The van der Waals surface area contributed by atoms with Gasteiger partial charge in [0.15, 0.2) is 0 Å². The minimum atomic E-state index is -5.60. The van der Waals surface area contributed by atoms with E-state index in [0.717, 1.165) is 20.6 Å². The van der Waals surface area contributed by atoms with Crippen LogP contribution in [-0.2, 0) is 24.4 Å². The van der Waals surface area contributed by atoms with Gasteiger partial charge in [-0.05, 0) is 0 Å². The standard InChI is InChI=1S/3C7H7.C5H5.5CH3.Ti/c3*1-7-5-3-2-4-6-7;1-2-4-5-3-1;;;;;;/h3*2-6H,1H2;1-3H,4H2;5*1H3;. The van der Waals surface area contributed by atoms with E-state index >= 15 is 0 Å². The molecule has 169 valence electrons. The first-order valence-corrected chi connectivity index (χ1v) is 24.2. The Kier molecular flexibility index (Phi) is 3.50. The minimum absolute atomic E-state index is 1.02. The second-order valence-corrected chi connectivity index (χ2v) is 61.9. The van der Waals surface area contributed by atoms with Crippen LogP contribution in [0.25, 0.3) is 0 Å². The molecule has 1 aliphatic rings. The average molecular weight is 462 g/mol. The zero-order chi connectivity index (χ0) is 23.2. The summed E-state index contributed by atoms with van der Waals surface area (Å²) in [5.74, 6) is 0. The number of benzene rings is 3. The van der Waals surface area contributed by atoms with Crippen molar-refractivity contribution >= 4 is 0 Å². The molecule has 0 atom stereocenters. The molecular weight excluding hydrogens is 420 g/mol. The van der Waals surface area contributed by atoms with Crippen molar-refractivity contribution in [2.24, 2.45) is 0 Å². The van der Waals surface area contributed by atoms with Crippen LogP contribution in [-0.4, -0.2) is 0 Å². The molecule has 3 aromatic rings. The molecule has 0 aliphatic heterocycles. The molecule has 0 saturated heterocycles. The van der Waals surface area contributed by atoms with Crippen molar-refractivity contribution < 1.29 is 10.2 Å². The third-order valence-electron chi connectivity index (χ3n) is 9.87. The van der Waals surface area contributed by atoms with E-state index in [-0.39, 0.29) is 0 Å². The van der Waals surface area contributed by atoms with Gasteiger partial charge in [-0.25, -0.2) is 0 Å². The van der Waals surface area contributed by atoms with E-state index in [9.17, 15) is 0 Å². The Morgan fingerprint density at radius 2 is 0.875 bits per heavy atom. The van der Waals surface area contributed by atoms with Crippen LogP contribution in [0, 0.1) is 0 Å². The van der Waals surface area contributed by atoms with E-state index in [4.69, 9.17) is 0 Å². The fourth-order valence-electron chi connectivity index (χ4n) is 8.32. The van der Waals surface area contributed by atoms with Crippen LogP contribution in [0.2, 0.25) is 26.1 Å².